The van der Waals surface area contributed by atoms with E-state index >= 15 is 0 Å². The summed E-state index contributed by atoms with van der Waals surface area (Å²) >= 11 is 3.20. The van der Waals surface area contributed by atoms with Crippen LogP contribution in [0.2, 0.25) is 0 Å². The van der Waals surface area contributed by atoms with Crippen molar-refractivity contribution in [3.05, 3.63) is 34.1 Å². The van der Waals surface area contributed by atoms with Crippen molar-refractivity contribution in [3.8, 4) is 0 Å². The first-order valence-corrected chi connectivity index (χ1v) is 5.18. The van der Waals surface area contributed by atoms with E-state index in [2.05, 4.69) is 15.9 Å². The molecule has 0 fully saturated rings. The van der Waals surface area contributed by atoms with Gasteiger partial charge in [0.25, 0.3) is 0 Å². The molecule has 2 atom stereocenters. The molecule has 78 valence electrons. The summed E-state index contributed by atoms with van der Waals surface area (Å²) in [6.07, 6.45) is -0.186. The predicted octanol–water partition coefficient (Wildman–Crippen LogP) is 2.36. The summed E-state index contributed by atoms with van der Waals surface area (Å²) < 4.78 is 13.3. The van der Waals surface area contributed by atoms with Crippen LogP contribution in [0.15, 0.2) is 22.7 Å². The Labute approximate surface area is 91.1 Å². The quantitative estimate of drug-likeness (QED) is 0.878. The highest BCUT2D eigenvalue weighted by Gasteiger charge is 2.13. The van der Waals surface area contributed by atoms with Gasteiger partial charge < -0.3 is 10.8 Å². The van der Waals surface area contributed by atoms with Crippen molar-refractivity contribution in [2.45, 2.75) is 25.5 Å². The maximum Gasteiger partial charge on any atom is 0.124 e. The highest BCUT2D eigenvalue weighted by atomic mass is 79.9. The molecule has 0 aromatic heterocycles. The fourth-order valence-corrected chi connectivity index (χ4v) is 1.87. The summed E-state index contributed by atoms with van der Waals surface area (Å²) in [5.74, 6) is -0.325. The fraction of sp³-hybridized carbons (Fsp3) is 0.400. The van der Waals surface area contributed by atoms with E-state index < -0.39 is 6.10 Å². The lowest BCUT2D eigenvalue weighted by atomic mass is 10.0. The van der Waals surface area contributed by atoms with Gasteiger partial charge in [0.05, 0.1) is 6.10 Å². The van der Waals surface area contributed by atoms with Crippen LogP contribution in [0.3, 0.4) is 0 Å². The zero-order valence-electron chi connectivity index (χ0n) is 7.87. The van der Waals surface area contributed by atoms with E-state index in [1.54, 1.807) is 6.07 Å². The number of hydrogen-bond acceptors (Lipinski definition) is 2. The minimum Gasteiger partial charge on any atom is -0.388 e. The lowest BCUT2D eigenvalue weighted by Gasteiger charge is -2.14. The smallest absolute Gasteiger partial charge is 0.124 e. The van der Waals surface area contributed by atoms with Crippen LogP contribution in [-0.4, -0.2) is 11.1 Å². The van der Waals surface area contributed by atoms with Crippen LogP contribution < -0.4 is 5.73 Å². The van der Waals surface area contributed by atoms with Gasteiger partial charge >= 0.3 is 0 Å². The lowest BCUT2D eigenvalue weighted by molar-refractivity contribution is 0.159. The maximum atomic E-state index is 12.7. The van der Waals surface area contributed by atoms with Gasteiger partial charge in [0.15, 0.2) is 0 Å². The van der Waals surface area contributed by atoms with Crippen LogP contribution in [0.5, 0.6) is 0 Å². The number of aliphatic hydroxyl groups excluding tert-OH is 1. The summed E-state index contributed by atoms with van der Waals surface area (Å²) in [5, 5.41) is 9.73. The monoisotopic (exact) mass is 261 g/mol. The molecule has 0 aliphatic rings. The SMILES string of the molecule is CC(N)CC(O)c1ccc(F)cc1Br. The maximum absolute atomic E-state index is 12.7. The molecule has 1 aromatic rings. The number of rotatable bonds is 3. The number of benzene rings is 1. The predicted molar refractivity (Wildman–Crippen MR) is 57.3 cm³/mol. The van der Waals surface area contributed by atoms with Gasteiger partial charge in [-0.05, 0) is 31.0 Å². The van der Waals surface area contributed by atoms with E-state index in [1.165, 1.54) is 12.1 Å². The van der Waals surface area contributed by atoms with Gasteiger partial charge in [0, 0.05) is 10.5 Å². The van der Waals surface area contributed by atoms with Crippen molar-refractivity contribution in [1.82, 2.24) is 0 Å². The minimum atomic E-state index is -0.648. The first-order valence-electron chi connectivity index (χ1n) is 4.39. The van der Waals surface area contributed by atoms with Crippen LogP contribution in [0.1, 0.15) is 25.0 Å². The molecule has 2 nitrogen and oxygen atoms in total. The summed E-state index contributed by atoms with van der Waals surface area (Å²) in [4.78, 5) is 0. The van der Waals surface area contributed by atoms with E-state index in [-0.39, 0.29) is 11.9 Å². The number of nitrogens with two attached hydrogens (primary N) is 1. The zero-order chi connectivity index (χ0) is 10.7. The summed E-state index contributed by atoms with van der Waals surface area (Å²) in [7, 11) is 0. The molecule has 0 bridgehead atoms. The van der Waals surface area contributed by atoms with E-state index in [9.17, 15) is 9.50 Å². The summed E-state index contributed by atoms with van der Waals surface area (Å²) in [6.45, 7) is 1.82. The molecule has 0 aliphatic carbocycles. The topological polar surface area (TPSA) is 46.2 Å². The third kappa shape index (κ3) is 3.04. The Morgan fingerprint density at radius 1 is 1.57 bits per heavy atom. The second-order valence-electron chi connectivity index (χ2n) is 3.39. The lowest BCUT2D eigenvalue weighted by Crippen LogP contribution is -2.18. The van der Waals surface area contributed by atoms with Crippen molar-refractivity contribution in [1.29, 1.82) is 0 Å². The molecule has 4 heteroatoms. The Morgan fingerprint density at radius 3 is 2.71 bits per heavy atom. The molecule has 0 amide bonds. The molecule has 1 rings (SSSR count). The van der Waals surface area contributed by atoms with Gasteiger partial charge in [-0.15, -0.1) is 0 Å². The highest BCUT2D eigenvalue weighted by molar-refractivity contribution is 9.10. The van der Waals surface area contributed by atoms with Crippen molar-refractivity contribution in [3.63, 3.8) is 0 Å². The van der Waals surface area contributed by atoms with Gasteiger partial charge in [-0.25, -0.2) is 4.39 Å². The Balaban J connectivity index is 2.84. The molecular weight excluding hydrogens is 249 g/mol. The third-order valence-electron chi connectivity index (χ3n) is 1.92. The van der Waals surface area contributed by atoms with Crippen molar-refractivity contribution in [2.75, 3.05) is 0 Å². The number of halogens is 2. The van der Waals surface area contributed by atoms with Crippen LogP contribution >= 0.6 is 15.9 Å². The van der Waals surface area contributed by atoms with Crippen LogP contribution in [0, 0.1) is 5.82 Å². The first kappa shape index (κ1) is 11.6. The Bertz CT molecular complexity index is 317. The molecular formula is C10H13BrFNO. The zero-order valence-corrected chi connectivity index (χ0v) is 9.46. The third-order valence-corrected chi connectivity index (χ3v) is 2.60. The fourth-order valence-electron chi connectivity index (χ4n) is 1.25. The largest absolute Gasteiger partial charge is 0.388 e. The Hall–Kier alpha value is -0.450. The van der Waals surface area contributed by atoms with Crippen molar-refractivity contribution < 1.29 is 9.50 Å². The average molecular weight is 262 g/mol. The van der Waals surface area contributed by atoms with Crippen LogP contribution in [-0.2, 0) is 0 Å². The Kier molecular flexibility index (Phi) is 4.04. The second kappa shape index (κ2) is 4.87. The molecule has 1 aromatic carbocycles. The van der Waals surface area contributed by atoms with Gasteiger partial charge in [0.2, 0.25) is 0 Å². The first-order chi connectivity index (χ1) is 6.50. The van der Waals surface area contributed by atoms with E-state index in [1.807, 2.05) is 6.92 Å². The minimum absolute atomic E-state index is 0.0815. The van der Waals surface area contributed by atoms with E-state index in [4.69, 9.17) is 5.73 Å². The van der Waals surface area contributed by atoms with Gasteiger partial charge in [-0.3, -0.25) is 0 Å². The second-order valence-corrected chi connectivity index (χ2v) is 4.25. The number of aliphatic hydroxyl groups is 1. The standard InChI is InChI=1S/C10H13BrFNO/c1-6(13)4-10(14)8-3-2-7(12)5-9(8)11/h2-3,5-6,10,14H,4,13H2,1H3. The molecule has 2 unspecified atom stereocenters. The van der Waals surface area contributed by atoms with Gasteiger partial charge in [-0.1, -0.05) is 22.0 Å². The van der Waals surface area contributed by atoms with Crippen molar-refractivity contribution in [2.24, 2.45) is 5.73 Å². The van der Waals surface area contributed by atoms with Crippen molar-refractivity contribution >= 4 is 15.9 Å². The molecule has 0 saturated heterocycles. The molecule has 3 N–H and O–H groups in total. The molecule has 0 saturated carbocycles. The molecule has 0 aliphatic heterocycles. The number of hydrogen-bond donors (Lipinski definition) is 2. The summed E-state index contributed by atoms with van der Waals surface area (Å²) in [6, 6.07) is 4.14. The summed E-state index contributed by atoms with van der Waals surface area (Å²) in [5.41, 5.74) is 6.23. The van der Waals surface area contributed by atoms with Gasteiger partial charge in [-0.2, -0.15) is 0 Å². The Morgan fingerprint density at radius 2 is 2.21 bits per heavy atom. The van der Waals surface area contributed by atoms with E-state index in [0.29, 0.717) is 16.5 Å². The molecule has 0 radical (unpaired) electrons. The molecule has 14 heavy (non-hydrogen) atoms. The van der Waals surface area contributed by atoms with Crippen LogP contribution in [0.25, 0.3) is 0 Å². The van der Waals surface area contributed by atoms with E-state index in [0.717, 1.165) is 0 Å². The molecule has 0 heterocycles. The highest BCUT2D eigenvalue weighted by Crippen LogP contribution is 2.26. The normalized spacial score (nSPS) is 15.2. The molecule has 0 spiro atoms. The van der Waals surface area contributed by atoms with Crippen LogP contribution in [0.4, 0.5) is 4.39 Å². The average Bonchev–Trinajstić information content (AvgIpc) is 2.01. The van der Waals surface area contributed by atoms with Gasteiger partial charge in [0.1, 0.15) is 5.82 Å².